The number of ether oxygens (including phenoxy) is 2. The number of rotatable bonds is 6. The second-order valence-electron chi connectivity index (χ2n) is 7.00. The zero-order valence-corrected chi connectivity index (χ0v) is 15.9. The molecular formula is C20H25FN2O4. The number of hydrogen-bond donors (Lipinski definition) is 0. The van der Waals surface area contributed by atoms with E-state index in [4.69, 9.17) is 9.47 Å². The van der Waals surface area contributed by atoms with Crippen LogP contribution in [0.15, 0.2) is 30.0 Å². The van der Waals surface area contributed by atoms with Crippen LogP contribution in [0.4, 0.5) is 4.39 Å². The summed E-state index contributed by atoms with van der Waals surface area (Å²) in [5.74, 6) is -1.04. The summed E-state index contributed by atoms with van der Waals surface area (Å²) in [6.07, 6.45) is 0.454. The molecule has 0 aromatic heterocycles. The molecule has 0 radical (unpaired) electrons. The Kier molecular flexibility index (Phi) is 5.92. The summed E-state index contributed by atoms with van der Waals surface area (Å²) in [7, 11) is 1.58. The first-order valence-electron chi connectivity index (χ1n) is 9.18. The van der Waals surface area contributed by atoms with Crippen LogP contribution in [0.2, 0.25) is 0 Å². The summed E-state index contributed by atoms with van der Waals surface area (Å²) in [5.41, 5.74) is 1.26. The van der Waals surface area contributed by atoms with Crippen molar-refractivity contribution < 1.29 is 23.5 Å². The standard InChI is InChI=1S/C20H25FN2O4/c1-13-11-22(12-14(2)27-13)18-17(15-5-7-16(21)8-6-15)19(24)23(20(18)25)9-4-10-26-3/h5-8,13-14H,4,9-12H2,1-3H3. The summed E-state index contributed by atoms with van der Waals surface area (Å²) in [6.45, 7) is 5.68. The largest absolute Gasteiger partial charge is 0.385 e. The molecule has 2 aliphatic heterocycles. The summed E-state index contributed by atoms with van der Waals surface area (Å²) >= 11 is 0. The Morgan fingerprint density at radius 3 is 2.33 bits per heavy atom. The number of carbonyl (C=O) groups excluding carboxylic acids is 2. The lowest BCUT2D eigenvalue weighted by Crippen LogP contribution is -2.47. The van der Waals surface area contributed by atoms with Gasteiger partial charge in [-0.1, -0.05) is 12.1 Å². The molecule has 2 aliphatic rings. The van der Waals surface area contributed by atoms with Crippen molar-refractivity contribution >= 4 is 17.4 Å². The van der Waals surface area contributed by atoms with Crippen LogP contribution in [-0.2, 0) is 19.1 Å². The molecular weight excluding hydrogens is 351 g/mol. The molecule has 0 N–H and O–H groups in total. The number of amides is 2. The smallest absolute Gasteiger partial charge is 0.277 e. The van der Waals surface area contributed by atoms with Crippen LogP contribution in [0.3, 0.4) is 0 Å². The number of imide groups is 1. The van der Waals surface area contributed by atoms with Gasteiger partial charge in [0.25, 0.3) is 11.8 Å². The summed E-state index contributed by atoms with van der Waals surface area (Å²) in [5, 5.41) is 0. The molecule has 1 aromatic carbocycles. The highest BCUT2D eigenvalue weighted by molar-refractivity contribution is 6.35. The Balaban J connectivity index is 1.99. The Morgan fingerprint density at radius 2 is 1.74 bits per heavy atom. The molecule has 0 bridgehead atoms. The number of methoxy groups -OCH3 is 1. The van der Waals surface area contributed by atoms with E-state index in [1.807, 2.05) is 18.7 Å². The Labute approximate surface area is 158 Å². The average Bonchev–Trinajstić information content (AvgIpc) is 2.86. The van der Waals surface area contributed by atoms with Gasteiger partial charge in [0, 0.05) is 33.4 Å². The van der Waals surface area contributed by atoms with Gasteiger partial charge in [0.2, 0.25) is 0 Å². The van der Waals surface area contributed by atoms with Gasteiger partial charge in [-0.2, -0.15) is 0 Å². The maximum absolute atomic E-state index is 13.4. The highest BCUT2D eigenvalue weighted by Gasteiger charge is 2.42. The molecule has 1 aromatic rings. The number of halogens is 1. The lowest BCUT2D eigenvalue weighted by atomic mass is 10.0. The van der Waals surface area contributed by atoms with E-state index in [2.05, 4.69) is 0 Å². The second kappa shape index (κ2) is 8.19. The number of morpholine rings is 1. The Bertz CT molecular complexity index is 737. The molecule has 0 saturated carbocycles. The highest BCUT2D eigenvalue weighted by atomic mass is 19.1. The molecule has 2 heterocycles. The minimum absolute atomic E-state index is 0.0545. The summed E-state index contributed by atoms with van der Waals surface area (Å²) in [6, 6.07) is 5.69. The molecule has 1 fully saturated rings. The van der Waals surface area contributed by atoms with E-state index < -0.39 is 0 Å². The zero-order chi connectivity index (χ0) is 19.6. The van der Waals surface area contributed by atoms with Crippen molar-refractivity contribution in [1.82, 2.24) is 9.80 Å². The van der Waals surface area contributed by atoms with Crippen LogP contribution in [0, 0.1) is 5.82 Å². The van der Waals surface area contributed by atoms with Gasteiger partial charge >= 0.3 is 0 Å². The van der Waals surface area contributed by atoms with E-state index in [1.54, 1.807) is 19.2 Å². The molecule has 2 atom stereocenters. The van der Waals surface area contributed by atoms with Gasteiger partial charge in [0.15, 0.2) is 0 Å². The molecule has 2 unspecified atom stereocenters. The number of carbonyl (C=O) groups is 2. The van der Waals surface area contributed by atoms with E-state index in [0.29, 0.717) is 43.0 Å². The van der Waals surface area contributed by atoms with Gasteiger partial charge in [-0.05, 0) is 38.0 Å². The quantitative estimate of drug-likeness (QED) is 0.562. The Morgan fingerprint density at radius 1 is 1.11 bits per heavy atom. The van der Waals surface area contributed by atoms with Crippen molar-refractivity contribution in [3.63, 3.8) is 0 Å². The van der Waals surface area contributed by atoms with Gasteiger partial charge in [-0.3, -0.25) is 14.5 Å². The van der Waals surface area contributed by atoms with Crippen LogP contribution in [0.5, 0.6) is 0 Å². The summed E-state index contributed by atoms with van der Waals surface area (Å²) < 4.78 is 24.2. The first-order valence-corrected chi connectivity index (χ1v) is 9.18. The topological polar surface area (TPSA) is 59.1 Å². The van der Waals surface area contributed by atoms with E-state index in [-0.39, 0.29) is 36.4 Å². The first-order chi connectivity index (χ1) is 12.9. The molecule has 7 heteroatoms. The van der Waals surface area contributed by atoms with Gasteiger partial charge in [-0.25, -0.2) is 4.39 Å². The van der Waals surface area contributed by atoms with Gasteiger partial charge in [-0.15, -0.1) is 0 Å². The molecule has 146 valence electrons. The van der Waals surface area contributed by atoms with Crippen LogP contribution >= 0.6 is 0 Å². The lowest BCUT2D eigenvalue weighted by Gasteiger charge is -2.37. The zero-order valence-electron chi connectivity index (χ0n) is 15.9. The normalized spacial score (nSPS) is 23.6. The third-order valence-corrected chi connectivity index (χ3v) is 4.74. The maximum atomic E-state index is 13.4. The van der Waals surface area contributed by atoms with Crippen molar-refractivity contribution in [2.75, 3.05) is 33.4 Å². The number of nitrogens with zero attached hydrogens (tertiary/aromatic N) is 2. The van der Waals surface area contributed by atoms with Crippen molar-refractivity contribution in [2.24, 2.45) is 0 Å². The fourth-order valence-corrected chi connectivity index (χ4v) is 3.66. The minimum Gasteiger partial charge on any atom is -0.385 e. The average molecular weight is 376 g/mol. The Hall–Kier alpha value is -2.25. The second-order valence-corrected chi connectivity index (χ2v) is 7.00. The fourth-order valence-electron chi connectivity index (χ4n) is 3.66. The first kappa shape index (κ1) is 19.5. The van der Waals surface area contributed by atoms with E-state index >= 15 is 0 Å². The molecule has 3 rings (SSSR count). The molecule has 1 saturated heterocycles. The van der Waals surface area contributed by atoms with E-state index in [0.717, 1.165) is 0 Å². The van der Waals surface area contributed by atoms with Crippen LogP contribution in [-0.4, -0.2) is 67.2 Å². The molecule has 2 amide bonds. The molecule has 27 heavy (non-hydrogen) atoms. The predicted molar refractivity (Wildman–Crippen MR) is 98.1 cm³/mol. The van der Waals surface area contributed by atoms with Crippen LogP contribution in [0.1, 0.15) is 25.8 Å². The third kappa shape index (κ3) is 4.04. The fraction of sp³-hybridized carbons (Fsp3) is 0.500. The summed E-state index contributed by atoms with van der Waals surface area (Å²) in [4.78, 5) is 29.4. The van der Waals surface area contributed by atoms with Crippen molar-refractivity contribution in [2.45, 2.75) is 32.5 Å². The van der Waals surface area contributed by atoms with Crippen molar-refractivity contribution in [1.29, 1.82) is 0 Å². The maximum Gasteiger partial charge on any atom is 0.277 e. The lowest BCUT2D eigenvalue weighted by molar-refractivity contribution is -0.138. The third-order valence-electron chi connectivity index (χ3n) is 4.74. The van der Waals surface area contributed by atoms with Crippen molar-refractivity contribution in [3.8, 4) is 0 Å². The highest BCUT2D eigenvalue weighted by Crippen LogP contribution is 2.33. The number of benzene rings is 1. The van der Waals surface area contributed by atoms with Crippen molar-refractivity contribution in [3.05, 3.63) is 41.3 Å². The van der Waals surface area contributed by atoms with Gasteiger partial charge in [0.05, 0.1) is 17.8 Å². The minimum atomic E-state index is -0.386. The van der Waals surface area contributed by atoms with E-state index in [9.17, 15) is 14.0 Å². The van der Waals surface area contributed by atoms with E-state index in [1.165, 1.54) is 17.0 Å². The van der Waals surface area contributed by atoms with Gasteiger partial charge in [0.1, 0.15) is 11.5 Å². The van der Waals surface area contributed by atoms with Crippen LogP contribution < -0.4 is 0 Å². The molecule has 0 aliphatic carbocycles. The molecule has 6 nitrogen and oxygen atoms in total. The van der Waals surface area contributed by atoms with Crippen LogP contribution in [0.25, 0.3) is 5.57 Å². The number of hydrogen-bond acceptors (Lipinski definition) is 5. The monoisotopic (exact) mass is 376 g/mol. The predicted octanol–water partition coefficient (Wildman–Crippen LogP) is 2.05. The van der Waals surface area contributed by atoms with Gasteiger partial charge < -0.3 is 14.4 Å². The molecule has 0 spiro atoms. The SMILES string of the molecule is COCCCN1C(=O)C(c2ccc(F)cc2)=C(N2CC(C)OC(C)C2)C1=O.